The monoisotopic (exact) mass is 354 g/mol. The third kappa shape index (κ3) is 3.48. The summed E-state index contributed by atoms with van der Waals surface area (Å²) in [6.45, 7) is 0. The van der Waals surface area contributed by atoms with Crippen LogP contribution in [0, 0.1) is 0 Å². The molecule has 0 spiro atoms. The summed E-state index contributed by atoms with van der Waals surface area (Å²) in [7, 11) is -2.28. The maximum absolute atomic E-state index is 12.3. The molecule has 0 bridgehead atoms. The van der Waals surface area contributed by atoms with Crippen molar-refractivity contribution in [2.75, 3.05) is 4.72 Å². The molecule has 1 aliphatic carbocycles. The molecule has 9 heteroatoms. The van der Waals surface area contributed by atoms with Gasteiger partial charge in [-0.15, -0.1) is 0 Å². The lowest BCUT2D eigenvalue weighted by atomic mass is 10.2. The van der Waals surface area contributed by atoms with E-state index in [1.165, 1.54) is 23.0 Å². The smallest absolute Gasteiger partial charge is 0.282 e. The second-order valence-electron chi connectivity index (χ2n) is 5.38. The van der Waals surface area contributed by atoms with Crippen LogP contribution in [0.4, 0.5) is 5.69 Å². The minimum absolute atomic E-state index is 0.0259. The third-order valence-corrected chi connectivity index (χ3v) is 5.27. The van der Waals surface area contributed by atoms with Crippen molar-refractivity contribution < 1.29 is 13.2 Å². The number of hydrogen-bond donors (Lipinski definition) is 2. The SMILES string of the molecule is Cn1cnc(S(=O)(=O)Nc2ccc(C(=O)NC3CC3)cc2)c1Cl. The molecular formula is C14H15ClN4O3S. The first-order valence-corrected chi connectivity index (χ1v) is 8.83. The van der Waals surface area contributed by atoms with Crippen molar-refractivity contribution >= 4 is 33.2 Å². The minimum Gasteiger partial charge on any atom is -0.349 e. The first kappa shape index (κ1) is 15.8. The van der Waals surface area contributed by atoms with Gasteiger partial charge in [-0.25, -0.2) is 4.98 Å². The molecule has 0 aliphatic heterocycles. The van der Waals surface area contributed by atoms with Crippen molar-refractivity contribution in [3.05, 3.63) is 41.3 Å². The molecule has 1 amide bonds. The minimum atomic E-state index is -3.88. The average molecular weight is 355 g/mol. The average Bonchev–Trinajstić information content (AvgIpc) is 3.24. The number of aryl methyl sites for hydroxylation is 1. The highest BCUT2D eigenvalue weighted by Crippen LogP contribution is 2.22. The van der Waals surface area contributed by atoms with Gasteiger partial charge in [0.25, 0.3) is 15.9 Å². The number of nitrogens with zero attached hydrogens (tertiary/aromatic N) is 2. The molecule has 0 unspecified atom stereocenters. The third-order valence-electron chi connectivity index (χ3n) is 3.40. The van der Waals surface area contributed by atoms with Crippen molar-refractivity contribution in [2.24, 2.45) is 7.05 Å². The highest BCUT2D eigenvalue weighted by molar-refractivity contribution is 7.92. The molecular weight excluding hydrogens is 340 g/mol. The molecule has 2 aromatic rings. The fraction of sp³-hybridized carbons (Fsp3) is 0.286. The Balaban J connectivity index is 1.74. The van der Waals surface area contributed by atoms with Gasteiger partial charge in [0.2, 0.25) is 5.03 Å². The van der Waals surface area contributed by atoms with E-state index in [1.807, 2.05) is 0 Å². The van der Waals surface area contributed by atoms with E-state index < -0.39 is 10.0 Å². The largest absolute Gasteiger partial charge is 0.349 e. The molecule has 2 N–H and O–H groups in total. The summed E-state index contributed by atoms with van der Waals surface area (Å²) in [5.41, 5.74) is 0.811. The molecule has 1 fully saturated rings. The summed E-state index contributed by atoms with van der Waals surface area (Å²) in [5.74, 6) is -0.158. The predicted octanol–water partition coefficient (Wildman–Crippen LogP) is 1.77. The van der Waals surface area contributed by atoms with E-state index in [-0.39, 0.29) is 22.1 Å². The molecule has 3 rings (SSSR count). The zero-order valence-corrected chi connectivity index (χ0v) is 13.9. The quantitative estimate of drug-likeness (QED) is 0.855. The molecule has 0 atom stereocenters. The summed E-state index contributed by atoms with van der Waals surface area (Å²) < 4.78 is 28.3. The van der Waals surface area contributed by atoms with Crippen LogP contribution in [0.3, 0.4) is 0 Å². The van der Waals surface area contributed by atoms with E-state index >= 15 is 0 Å². The Morgan fingerprint density at radius 1 is 1.30 bits per heavy atom. The Hall–Kier alpha value is -2.06. The fourth-order valence-corrected chi connectivity index (χ4v) is 3.46. The van der Waals surface area contributed by atoms with Crippen molar-refractivity contribution in [3.63, 3.8) is 0 Å². The number of aromatic nitrogens is 2. The molecule has 1 aromatic carbocycles. The second kappa shape index (κ2) is 5.86. The number of nitrogens with one attached hydrogen (secondary N) is 2. The standard InChI is InChI=1S/C14H15ClN4O3S/c1-19-8-16-14(12(19)15)23(21,22)18-11-4-2-9(3-5-11)13(20)17-10-6-7-10/h2-5,8,10,18H,6-7H2,1H3,(H,17,20). The van der Waals surface area contributed by atoms with E-state index in [0.29, 0.717) is 11.3 Å². The Morgan fingerprint density at radius 2 is 1.96 bits per heavy atom. The zero-order valence-electron chi connectivity index (χ0n) is 12.3. The zero-order chi connectivity index (χ0) is 16.6. The van der Waals surface area contributed by atoms with Crippen LogP contribution < -0.4 is 10.0 Å². The number of benzene rings is 1. The molecule has 122 valence electrons. The second-order valence-corrected chi connectivity index (χ2v) is 7.34. The molecule has 1 aliphatic rings. The predicted molar refractivity (Wildman–Crippen MR) is 86.0 cm³/mol. The lowest BCUT2D eigenvalue weighted by Gasteiger charge is -2.08. The van der Waals surface area contributed by atoms with Crippen molar-refractivity contribution in [3.8, 4) is 0 Å². The van der Waals surface area contributed by atoms with Crippen LogP contribution in [0.15, 0.2) is 35.6 Å². The fourth-order valence-electron chi connectivity index (χ4n) is 1.96. The van der Waals surface area contributed by atoms with Crippen molar-refractivity contribution in [2.45, 2.75) is 23.9 Å². The molecule has 0 radical (unpaired) electrons. The lowest BCUT2D eigenvalue weighted by molar-refractivity contribution is 0.0951. The van der Waals surface area contributed by atoms with Gasteiger partial charge in [0.05, 0.1) is 6.33 Å². The van der Waals surface area contributed by atoms with Crippen LogP contribution in [0.2, 0.25) is 5.15 Å². The first-order valence-electron chi connectivity index (χ1n) is 6.97. The summed E-state index contributed by atoms with van der Waals surface area (Å²) in [4.78, 5) is 15.7. The number of amides is 1. The number of carbonyl (C=O) groups excluding carboxylic acids is 1. The van der Waals surface area contributed by atoms with Crippen LogP contribution >= 0.6 is 11.6 Å². The molecule has 0 saturated heterocycles. The number of hydrogen-bond acceptors (Lipinski definition) is 4. The maximum atomic E-state index is 12.3. The highest BCUT2D eigenvalue weighted by atomic mass is 35.5. The maximum Gasteiger partial charge on any atom is 0.282 e. The normalized spacial score (nSPS) is 14.5. The number of carbonyl (C=O) groups is 1. The first-order chi connectivity index (χ1) is 10.9. The number of anilines is 1. The molecule has 23 heavy (non-hydrogen) atoms. The van der Waals surface area contributed by atoms with Crippen LogP contribution in [0.25, 0.3) is 0 Å². The summed E-state index contributed by atoms with van der Waals surface area (Å²) >= 11 is 5.91. The highest BCUT2D eigenvalue weighted by Gasteiger charge is 2.24. The number of halogens is 1. The lowest BCUT2D eigenvalue weighted by Crippen LogP contribution is -2.25. The van der Waals surface area contributed by atoms with Gasteiger partial charge in [-0.3, -0.25) is 9.52 Å². The van der Waals surface area contributed by atoms with Crippen LogP contribution in [0.1, 0.15) is 23.2 Å². The van der Waals surface area contributed by atoms with Gasteiger partial charge in [-0.1, -0.05) is 11.6 Å². The summed E-state index contributed by atoms with van der Waals surface area (Å²) in [5, 5.41) is 2.65. The van der Waals surface area contributed by atoms with Gasteiger partial charge in [-0.05, 0) is 37.1 Å². The number of imidazole rings is 1. The molecule has 1 aromatic heterocycles. The summed E-state index contributed by atoms with van der Waals surface area (Å²) in [6.07, 6.45) is 3.34. The van der Waals surface area contributed by atoms with E-state index in [2.05, 4.69) is 15.0 Å². The van der Waals surface area contributed by atoms with Gasteiger partial charge < -0.3 is 9.88 Å². The molecule has 7 nitrogen and oxygen atoms in total. The Morgan fingerprint density at radius 3 is 2.48 bits per heavy atom. The summed E-state index contributed by atoms with van der Waals surface area (Å²) in [6, 6.07) is 6.45. The number of rotatable bonds is 5. The Bertz CT molecular complexity index is 841. The molecule has 1 saturated carbocycles. The molecule has 1 heterocycles. The topological polar surface area (TPSA) is 93.1 Å². The van der Waals surface area contributed by atoms with Crippen LogP contribution in [-0.4, -0.2) is 29.9 Å². The van der Waals surface area contributed by atoms with E-state index in [4.69, 9.17) is 11.6 Å². The number of sulfonamides is 1. The van der Waals surface area contributed by atoms with Gasteiger partial charge in [0, 0.05) is 24.3 Å². The Kier molecular flexibility index (Phi) is 4.03. The van der Waals surface area contributed by atoms with E-state index in [9.17, 15) is 13.2 Å². The van der Waals surface area contributed by atoms with E-state index in [0.717, 1.165) is 12.8 Å². The van der Waals surface area contributed by atoms with E-state index in [1.54, 1.807) is 19.2 Å². The van der Waals surface area contributed by atoms with Gasteiger partial charge in [0.1, 0.15) is 5.15 Å². The van der Waals surface area contributed by atoms with Crippen LogP contribution in [0.5, 0.6) is 0 Å². The van der Waals surface area contributed by atoms with Gasteiger partial charge >= 0.3 is 0 Å². The Labute approximate surface area is 138 Å². The van der Waals surface area contributed by atoms with Crippen LogP contribution in [-0.2, 0) is 17.1 Å². The van der Waals surface area contributed by atoms with Gasteiger partial charge in [-0.2, -0.15) is 8.42 Å². The van der Waals surface area contributed by atoms with Crippen molar-refractivity contribution in [1.82, 2.24) is 14.9 Å². The van der Waals surface area contributed by atoms with Gasteiger partial charge in [0.15, 0.2) is 0 Å². The van der Waals surface area contributed by atoms with Crippen molar-refractivity contribution in [1.29, 1.82) is 0 Å².